The SMILES string of the molecule is C[C@@H](Oc1ccccc1[N+](=O)[O-])C(=O)N/N=C\c1ccc(OC(=O)c2ccccc2Br)cc1. The lowest BCUT2D eigenvalue weighted by molar-refractivity contribution is -0.386. The molecule has 33 heavy (non-hydrogen) atoms. The molecule has 1 N–H and O–H groups in total. The molecular formula is C23H18BrN3O6. The molecule has 0 heterocycles. The normalized spacial score (nSPS) is 11.6. The monoisotopic (exact) mass is 511 g/mol. The standard InChI is InChI=1S/C23H18BrN3O6/c1-15(32-21-9-5-4-8-20(21)27(30)31)22(28)26-25-14-16-10-12-17(13-11-16)33-23(29)18-6-2-3-7-19(18)24/h2-15H,1H3,(H,26,28)/b25-14-/t15-/m1/s1. The second kappa shape index (κ2) is 11.0. The lowest BCUT2D eigenvalue weighted by Crippen LogP contribution is -2.33. The Bertz CT molecular complexity index is 1200. The molecule has 0 unspecified atom stereocenters. The molecule has 0 radical (unpaired) electrons. The molecular weight excluding hydrogens is 494 g/mol. The van der Waals surface area contributed by atoms with Crippen LogP contribution in [0.5, 0.6) is 11.5 Å². The fraction of sp³-hybridized carbons (Fsp3) is 0.0870. The number of halogens is 1. The van der Waals surface area contributed by atoms with E-state index < -0.39 is 22.9 Å². The third-order valence-electron chi connectivity index (χ3n) is 4.31. The summed E-state index contributed by atoms with van der Waals surface area (Å²) >= 11 is 3.31. The summed E-state index contributed by atoms with van der Waals surface area (Å²) in [6.45, 7) is 1.45. The highest BCUT2D eigenvalue weighted by molar-refractivity contribution is 9.10. The van der Waals surface area contributed by atoms with Crippen LogP contribution in [0.4, 0.5) is 5.69 Å². The first-order valence-corrected chi connectivity index (χ1v) is 10.4. The third kappa shape index (κ3) is 6.47. The van der Waals surface area contributed by atoms with Gasteiger partial charge in [0.1, 0.15) is 5.75 Å². The van der Waals surface area contributed by atoms with Crippen LogP contribution in [0.2, 0.25) is 0 Å². The number of carbonyl (C=O) groups excluding carboxylic acids is 2. The van der Waals surface area contributed by atoms with Gasteiger partial charge >= 0.3 is 11.7 Å². The predicted octanol–water partition coefficient (Wildman–Crippen LogP) is 4.49. The van der Waals surface area contributed by atoms with E-state index in [4.69, 9.17) is 9.47 Å². The first-order chi connectivity index (χ1) is 15.8. The van der Waals surface area contributed by atoms with E-state index in [1.165, 1.54) is 31.3 Å². The predicted molar refractivity (Wildman–Crippen MR) is 124 cm³/mol. The number of carbonyl (C=O) groups is 2. The van der Waals surface area contributed by atoms with Crippen LogP contribution in [-0.4, -0.2) is 29.1 Å². The number of esters is 1. The summed E-state index contributed by atoms with van der Waals surface area (Å²) in [6, 6.07) is 19.2. The molecule has 168 valence electrons. The molecule has 1 atom stereocenters. The number of nitrogens with zero attached hydrogens (tertiary/aromatic N) is 2. The zero-order valence-corrected chi connectivity index (χ0v) is 18.9. The molecule has 3 aromatic carbocycles. The lowest BCUT2D eigenvalue weighted by atomic mass is 10.2. The Hall–Kier alpha value is -4.05. The summed E-state index contributed by atoms with van der Waals surface area (Å²) < 4.78 is 11.4. The van der Waals surface area contributed by atoms with Gasteiger partial charge in [-0.2, -0.15) is 5.10 Å². The molecule has 0 aliphatic rings. The zero-order valence-electron chi connectivity index (χ0n) is 17.3. The van der Waals surface area contributed by atoms with Crippen LogP contribution in [0.25, 0.3) is 0 Å². The van der Waals surface area contributed by atoms with Gasteiger partial charge in [-0.25, -0.2) is 10.2 Å². The summed E-state index contributed by atoms with van der Waals surface area (Å²) in [4.78, 5) is 34.9. The molecule has 0 saturated carbocycles. The van der Waals surface area contributed by atoms with Crippen molar-refractivity contribution in [3.8, 4) is 11.5 Å². The van der Waals surface area contributed by atoms with Crippen LogP contribution in [0.3, 0.4) is 0 Å². The van der Waals surface area contributed by atoms with Crippen molar-refractivity contribution >= 4 is 39.7 Å². The van der Waals surface area contributed by atoms with Crippen LogP contribution < -0.4 is 14.9 Å². The van der Waals surface area contributed by atoms with E-state index in [1.807, 2.05) is 0 Å². The van der Waals surface area contributed by atoms with E-state index in [0.29, 0.717) is 21.3 Å². The summed E-state index contributed by atoms with van der Waals surface area (Å²) in [5.41, 5.74) is 3.13. The van der Waals surface area contributed by atoms with Crippen molar-refractivity contribution in [3.05, 3.63) is 98.5 Å². The van der Waals surface area contributed by atoms with Gasteiger partial charge in [0.15, 0.2) is 11.9 Å². The average Bonchev–Trinajstić information content (AvgIpc) is 2.80. The Balaban J connectivity index is 1.54. The van der Waals surface area contributed by atoms with E-state index >= 15 is 0 Å². The van der Waals surface area contributed by atoms with Gasteiger partial charge < -0.3 is 9.47 Å². The molecule has 0 spiro atoms. The first-order valence-electron chi connectivity index (χ1n) is 9.65. The molecule has 0 aromatic heterocycles. The van der Waals surface area contributed by atoms with Gasteiger partial charge in [0.2, 0.25) is 0 Å². The Labute approximate surface area is 197 Å². The number of para-hydroxylation sites is 2. The number of hydrogen-bond acceptors (Lipinski definition) is 7. The van der Waals surface area contributed by atoms with Crippen LogP contribution in [0, 0.1) is 10.1 Å². The Kier molecular flexibility index (Phi) is 7.87. The van der Waals surface area contributed by atoms with Crippen LogP contribution in [0.15, 0.2) is 82.4 Å². The minimum Gasteiger partial charge on any atom is -0.474 e. The van der Waals surface area contributed by atoms with Crippen molar-refractivity contribution in [2.45, 2.75) is 13.0 Å². The molecule has 9 nitrogen and oxygen atoms in total. The highest BCUT2D eigenvalue weighted by atomic mass is 79.9. The van der Waals surface area contributed by atoms with Gasteiger partial charge in [-0.05, 0) is 70.9 Å². The van der Waals surface area contributed by atoms with E-state index in [9.17, 15) is 19.7 Å². The molecule has 1 amide bonds. The van der Waals surface area contributed by atoms with E-state index in [-0.39, 0.29) is 11.4 Å². The first kappa shape index (κ1) is 23.6. The van der Waals surface area contributed by atoms with Crippen molar-refractivity contribution in [3.63, 3.8) is 0 Å². The molecule has 3 rings (SSSR count). The number of benzene rings is 3. The maximum Gasteiger partial charge on any atom is 0.344 e. The van der Waals surface area contributed by atoms with Gasteiger partial charge in [-0.15, -0.1) is 0 Å². The minimum atomic E-state index is -1.01. The number of rotatable bonds is 8. The molecule has 0 aliphatic heterocycles. The van der Waals surface area contributed by atoms with Crippen LogP contribution in [0.1, 0.15) is 22.8 Å². The summed E-state index contributed by atoms with van der Waals surface area (Å²) in [5.74, 6) is -0.739. The number of nitro benzene ring substituents is 1. The zero-order chi connectivity index (χ0) is 23.8. The fourth-order valence-corrected chi connectivity index (χ4v) is 3.07. The topological polar surface area (TPSA) is 120 Å². The van der Waals surface area contributed by atoms with Crippen molar-refractivity contribution in [2.75, 3.05) is 0 Å². The lowest BCUT2D eigenvalue weighted by Gasteiger charge is -2.12. The number of hydrazone groups is 1. The number of ether oxygens (including phenoxy) is 2. The van der Waals surface area contributed by atoms with Crippen LogP contribution >= 0.6 is 15.9 Å². The van der Waals surface area contributed by atoms with Crippen molar-refractivity contribution < 1.29 is 24.0 Å². The summed E-state index contributed by atoms with van der Waals surface area (Å²) in [7, 11) is 0. The molecule has 0 saturated heterocycles. The summed E-state index contributed by atoms with van der Waals surface area (Å²) in [5, 5.41) is 14.9. The minimum absolute atomic E-state index is 0.0122. The molecule has 0 fully saturated rings. The largest absolute Gasteiger partial charge is 0.474 e. The van der Waals surface area contributed by atoms with E-state index in [1.54, 1.807) is 54.6 Å². The Morgan fingerprint density at radius 3 is 2.42 bits per heavy atom. The smallest absolute Gasteiger partial charge is 0.344 e. The van der Waals surface area contributed by atoms with Gasteiger partial charge in [0.25, 0.3) is 5.91 Å². The maximum atomic E-state index is 12.2. The fourth-order valence-electron chi connectivity index (χ4n) is 2.62. The molecule has 3 aromatic rings. The number of nitrogens with one attached hydrogen (secondary N) is 1. The van der Waals surface area contributed by atoms with E-state index in [0.717, 1.165) is 0 Å². The highest BCUT2D eigenvalue weighted by Gasteiger charge is 2.20. The van der Waals surface area contributed by atoms with Crippen molar-refractivity contribution in [2.24, 2.45) is 5.10 Å². The van der Waals surface area contributed by atoms with Gasteiger partial charge in [0.05, 0.1) is 16.7 Å². The highest BCUT2D eigenvalue weighted by Crippen LogP contribution is 2.26. The second-order valence-electron chi connectivity index (χ2n) is 6.66. The maximum absolute atomic E-state index is 12.2. The summed E-state index contributed by atoms with van der Waals surface area (Å²) in [6.07, 6.45) is 0.386. The quantitative estimate of drug-likeness (QED) is 0.156. The molecule has 10 heteroatoms. The van der Waals surface area contributed by atoms with Crippen LogP contribution in [-0.2, 0) is 4.79 Å². The molecule has 0 aliphatic carbocycles. The number of hydrogen-bond donors (Lipinski definition) is 1. The molecule has 0 bridgehead atoms. The Morgan fingerprint density at radius 1 is 1.06 bits per heavy atom. The van der Waals surface area contributed by atoms with E-state index in [2.05, 4.69) is 26.5 Å². The third-order valence-corrected chi connectivity index (χ3v) is 5.00. The second-order valence-corrected chi connectivity index (χ2v) is 7.51. The van der Waals surface area contributed by atoms with Crippen molar-refractivity contribution in [1.82, 2.24) is 5.43 Å². The van der Waals surface area contributed by atoms with Gasteiger partial charge in [-0.3, -0.25) is 14.9 Å². The average molecular weight is 512 g/mol. The number of amides is 1. The van der Waals surface area contributed by atoms with Gasteiger partial charge in [-0.1, -0.05) is 24.3 Å². The number of nitro groups is 1. The van der Waals surface area contributed by atoms with Crippen molar-refractivity contribution in [1.29, 1.82) is 0 Å². The van der Waals surface area contributed by atoms with Gasteiger partial charge in [0, 0.05) is 10.5 Å². The Morgan fingerprint density at radius 2 is 1.73 bits per heavy atom.